The maximum Gasteiger partial charge on any atom is 0.317 e. The lowest BCUT2D eigenvalue weighted by Gasteiger charge is -2.55. The third kappa shape index (κ3) is 1.07. The maximum atomic E-state index is 12.8. The normalized spacial score (nSPS) is 46.3. The third-order valence-electron chi connectivity index (χ3n) is 6.92. The van der Waals surface area contributed by atoms with Crippen LogP contribution in [0.5, 0.6) is 0 Å². The lowest BCUT2D eigenvalue weighted by atomic mass is 9.52. The smallest absolute Gasteiger partial charge is 0.317 e. The van der Waals surface area contributed by atoms with Gasteiger partial charge in [-0.05, 0) is 41.3 Å². The van der Waals surface area contributed by atoms with Crippen LogP contribution in [0.3, 0.4) is 0 Å². The summed E-state index contributed by atoms with van der Waals surface area (Å²) in [7, 11) is 0. The molecule has 0 aromatic heterocycles. The number of fused-ring (bicyclic) bond motifs is 2. The van der Waals surface area contributed by atoms with E-state index in [-0.39, 0.29) is 47.5 Å². The predicted molar refractivity (Wildman–Crippen MR) is 81.8 cm³/mol. The molecule has 0 N–H and O–H groups in total. The van der Waals surface area contributed by atoms with E-state index in [2.05, 4.69) is 6.92 Å². The van der Waals surface area contributed by atoms with E-state index in [9.17, 15) is 9.59 Å². The Kier molecular flexibility index (Phi) is 1.86. The van der Waals surface area contributed by atoms with Crippen LogP contribution in [0.1, 0.15) is 41.2 Å². The molecule has 1 aromatic carbocycles. The number of rotatable bonds is 0. The zero-order chi connectivity index (χ0) is 15.7. The molecule has 23 heavy (non-hydrogen) atoms. The van der Waals surface area contributed by atoms with Gasteiger partial charge in [-0.3, -0.25) is 9.59 Å². The second kappa shape index (κ2) is 3.44. The summed E-state index contributed by atoms with van der Waals surface area (Å²) in [5.74, 6) is 0.282. The molecule has 4 heteroatoms. The van der Waals surface area contributed by atoms with E-state index in [1.807, 2.05) is 19.1 Å². The van der Waals surface area contributed by atoms with E-state index in [0.717, 1.165) is 22.3 Å². The molecule has 3 heterocycles. The fraction of sp³-hybridized carbons (Fsp3) is 0.474. The van der Waals surface area contributed by atoms with Crippen LogP contribution in [0.25, 0.3) is 6.08 Å². The Morgan fingerprint density at radius 2 is 1.96 bits per heavy atom. The SMILES string of the molecule is Cc1cc(=O)cc2c3c1[C@@H]1O[C@H]4C5OC(=O)[C@](C=C2)([C@@H]4C)[C@H]3[C@@H]51. The number of ether oxygens (including phenoxy) is 2. The molecule has 4 bridgehead atoms. The first-order chi connectivity index (χ1) is 11.0. The van der Waals surface area contributed by atoms with Crippen molar-refractivity contribution in [2.75, 3.05) is 0 Å². The molecule has 7 rings (SSSR count). The summed E-state index contributed by atoms with van der Waals surface area (Å²) < 4.78 is 12.2. The Balaban J connectivity index is 1.81. The highest BCUT2D eigenvalue weighted by Gasteiger charge is 2.76. The van der Waals surface area contributed by atoms with E-state index in [1.165, 1.54) is 0 Å². The van der Waals surface area contributed by atoms with Crippen molar-refractivity contribution in [3.8, 4) is 0 Å². The van der Waals surface area contributed by atoms with Crippen LogP contribution in [0, 0.1) is 24.2 Å². The average Bonchev–Trinajstić information content (AvgIpc) is 2.95. The Morgan fingerprint density at radius 1 is 1.13 bits per heavy atom. The molecular weight excluding hydrogens is 292 g/mol. The first kappa shape index (κ1) is 12.5. The number of aryl methyl sites for hydroxylation is 1. The molecule has 6 aliphatic rings. The molecule has 0 amide bonds. The molecule has 116 valence electrons. The highest BCUT2D eigenvalue weighted by atomic mass is 16.6. The molecule has 3 saturated heterocycles. The van der Waals surface area contributed by atoms with Gasteiger partial charge in [0.05, 0.1) is 17.6 Å². The van der Waals surface area contributed by atoms with Crippen molar-refractivity contribution in [2.24, 2.45) is 17.3 Å². The minimum atomic E-state index is -0.624. The van der Waals surface area contributed by atoms with Gasteiger partial charge >= 0.3 is 5.97 Å². The Morgan fingerprint density at radius 3 is 2.78 bits per heavy atom. The molecule has 1 unspecified atom stereocenters. The summed E-state index contributed by atoms with van der Waals surface area (Å²) in [6, 6.07) is 3.39. The van der Waals surface area contributed by atoms with E-state index in [4.69, 9.17) is 9.47 Å². The van der Waals surface area contributed by atoms with E-state index in [1.54, 1.807) is 12.1 Å². The van der Waals surface area contributed by atoms with Crippen LogP contribution in [0.4, 0.5) is 0 Å². The van der Waals surface area contributed by atoms with E-state index in [0.29, 0.717) is 0 Å². The minimum absolute atomic E-state index is 0.0115. The molecule has 4 nitrogen and oxygen atoms in total. The first-order valence-corrected chi connectivity index (χ1v) is 8.28. The maximum absolute atomic E-state index is 12.8. The lowest BCUT2D eigenvalue weighted by molar-refractivity contribution is -0.204. The standard InChI is InChI=1S/C19H16O4/c1-7-5-10(20)6-9-3-4-19-8(2)15-17(23-18(19)21)13-14(19)12(9)11(7)16(13)22-15/h3-6,8,13-17H,1-2H3/t8-,13-,14-,15-,16+,17?,19-/m1/s1. The third-order valence-corrected chi connectivity index (χ3v) is 6.92. The highest BCUT2D eigenvalue weighted by Crippen LogP contribution is 2.73. The first-order valence-electron chi connectivity index (χ1n) is 8.28. The van der Waals surface area contributed by atoms with Gasteiger partial charge < -0.3 is 9.47 Å². The van der Waals surface area contributed by atoms with Gasteiger partial charge in [-0.25, -0.2) is 0 Å². The fourth-order valence-corrected chi connectivity index (χ4v) is 6.09. The summed E-state index contributed by atoms with van der Waals surface area (Å²) in [5, 5.41) is 0. The second-order valence-corrected chi connectivity index (χ2v) is 7.66. The zero-order valence-corrected chi connectivity index (χ0v) is 12.9. The van der Waals surface area contributed by atoms with Crippen LogP contribution in [-0.4, -0.2) is 18.2 Å². The van der Waals surface area contributed by atoms with Crippen LogP contribution in [0.2, 0.25) is 0 Å². The van der Waals surface area contributed by atoms with Gasteiger partial charge in [0.25, 0.3) is 0 Å². The number of hydrogen-bond donors (Lipinski definition) is 0. The molecule has 1 spiro atoms. The summed E-state index contributed by atoms with van der Waals surface area (Å²) in [6.45, 7) is 4.09. The van der Waals surface area contributed by atoms with E-state index >= 15 is 0 Å². The average molecular weight is 308 g/mol. The van der Waals surface area contributed by atoms with Crippen molar-refractivity contribution in [3.05, 3.63) is 50.7 Å². The molecule has 0 radical (unpaired) electrons. The molecule has 3 aliphatic heterocycles. The van der Waals surface area contributed by atoms with Crippen molar-refractivity contribution >= 4 is 12.0 Å². The predicted octanol–water partition coefficient (Wildman–Crippen LogP) is 2.10. The molecular formula is C19H16O4. The summed E-state index contributed by atoms with van der Waals surface area (Å²) >= 11 is 0. The van der Waals surface area contributed by atoms with Crippen molar-refractivity contribution in [2.45, 2.75) is 38.1 Å². The van der Waals surface area contributed by atoms with Crippen molar-refractivity contribution in [3.63, 3.8) is 0 Å². The van der Waals surface area contributed by atoms with Crippen molar-refractivity contribution < 1.29 is 14.3 Å². The van der Waals surface area contributed by atoms with Crippen molar-refractivity contribution in [1.82, 2.24) is 0 Å². The largest absolute Gasteiger partial charge is 0.458 e. The summed E-state index contributed by atoms with van der Waals surface area (Å²) in [4.78, 5) is 25.0. The van der Waals surface area contributed by atoms with Crippen LogP contribution < -0.4 is 5.43 Å². The number of esters is 1. The van der Waals surface area contributed by atoms with Crippen LogP contribution >= 0.6 is 0 Å². The summed E-state index contributed by atoms with van der Waals surface area (Å²) in [6.07, 6.45) is 3.74. The highest BCUT2D eigenvalue weighted by molar-refractivity contribution is 5.88. The van der Waals surface area contributed by atoms with Gasteiger partial charge in [0.2, 0.25) is 0 Å². The molecule has 7 atom stereocenters. The summed E-state index contributed by atoms with van der Waals surface area (Å²) in [5.41, 5.74) is 3.60. The fourth-order valence-electron chi connectivity index (χ4n) is 6.09. The van der Waals surface area contributed by atoms with Crippen molar-refractivity contribution in [1.29, 1.82) is 0 Å². The Labute approximate surface area is 133 Å². The Bertz CT molecular complexity index is 901. The van der Waals surface area contributed by atoms with Crippen LogP contribution in [-0.2, 0) is 14.3 Å². The van der Waals surface area contributed by atoms with Gasteiger partial charge in [-0.15, -0.1) is 0 Å². The van der Waals surface area contributed by atoms with Gasteiger partial charge in [0, 0.05) is 17.8 Å². The van der Waals surface area contributed by atoms with E-state index < -0.39 is 5.41 Å². The molecule has 4 fully saturated rings. The van der Waals surface area contributed by atoms with Gasteiger partial charge in [-0.1, -0.05) is 19.1 Å². The molecule has 1 saturated carbocycles. The van der Waals surface area contributed by atoms with Gasteiger partial charge in [-0.2, -0.15) is 0 Å². The number of carbonyl (C=O) groups is 1. The molecule has 3 aliphatic carbocycles. The number of hydrogen-bond acceptors (Lipinski definition) is 4. The van der Waals surface area contributed by atoms with Gasteiger partial charge in [0.1, 0.15) is 6.10 Å². The molecule has 1 aromatic rings. The quantitative estimate of drug-likeness (QED) is 0.689. The topological polar surface area (TPSA) is 52.6 Å². The van der Waals surface area contributed by atoms with Gasteiger partial charge in [0.15, 0.2) is 5.43 Å². The Hall–Kier alpha value is -1.94. The lowest BCUT2D eigenvalue weighted by Crippen LogP contribution is -2.63. The number of carbonyl (C=O) groups excluding carboxylic acids is 1. The monoisotopic (exact) mass is 308 g/mol. The second-order valence-electron chi connectivity index (χ2n) is 7.66. The minimum Gasteiger partial charge on any atom is -0.458 e. The zero-order valence-electron chi connectivity index (χ0n) is 12.9. The van der Waals surface area contributed by atoms with Crippen LogP contribution in [0.15, 0.2) is 23.0 Å².